The summed E-state index contributed by atoms with van der Waals surface area (Å²) in [6, 6.07) is 6.47. The zero-order valence-electron chi connectivity index (χ0n) is 11.7. The molecular formula is C16H15F2NO3. The number of amides is 1. The predicted molar refractivity (Wildman–Crippen MR) is 74.0 cm³/mol. The number of halogens is 2. The summed E-state index contributed by atoms with van der Waals surface area (Å²) in [6.07, 6.45) is 3.04. The summed E-state index contributed by atoms with van der Waals surface area (Å²) in [5.74, 6) is -2.48. The Morgan fingerprint density at radius 3 is 2.50 bits per heavy atom. The molecule has 2 N–H and O–H groups in total. The molecule has 1 aromatic carbocycles. The topological polar surface area (TPSA) is 62.5 Å². The van der Waals surface area contributed by atoms with Gasteiger partial charge in [-0.3, -0.25) is 4.79 Å². The van der Waals surface area contributed by atoms with Crippen LogP contribution in [-0.2, 0) is 5.60 Å². The maximum absolute atomic E-state index is 13.6. The summed E-state index contributed by atoms with van der Waals surface area (Å²) in [7, 11) is 0. The van der Waals surface area contributed by atoms with Crippen molar-refractivity contribution in [3.8, 4) is 0 Å². The van der Waals surface area contributed by atoms with Gasteiger partial charge in [0, 0.05) is 0 Å². The van der Waals surface area contributed by atoms with Crippen LogP contribution in [0.25, 0.3) is 0 Å². The minimum Gasteiger partial charge on any atom is -0.466 e. The Balaban J connectivity index is 1.77. The number of benzene rings is 1. The van der Waals surface area contributed by atoms with Crippen molar-refractivity contribution < 1.29 is 23.1 Å². The number of furan rings is 1. The van der Waals surface area contributed by atoms with E-state index in [0.717, 1.165) is 25.0 Å². The lowest BCUT2D eigenvalue weighted by Gasteiger charge is -2.26. The summed E-state index contributed by atoms with van der Waals surface area (Å²) in [6.45, 7) is -0.169. The first-order chi connectivity index (χ1) is 10.5. The van der Waals surface area contributed by atoms with Crippen LogP contribution in [0.4, 0.5) is 8.78 Å². The van der Waals surface area contributed by atoms with Crippen LogP contribution in [0, 0.1) is 17.6 Å². The van der Waals surface area contributed by atoms with Crippen LogP contribution in [-0.4, -0.2) is 17.6 Å². The highest BCUT2D eigenvalue weighted by molar-refractivity contribution is 5.94. The lowest BCUT2D eigenvalue weighted by molar-refractivity contribution is -0.00618. The van der Waals surface area contributed by atoms with Crippen molar-refractivity contribution in [1.29, 1.82) is 0 Å². The monoisotopic (exact) mass is 307 g/mol. The fourth-order valence-electron chi connectivity index (χ4n) is 2.54. The zero-order chi connectivity index (χ0) is 15.7. The molecule has 0 bridgehead atoms. The SMILES string of the molecule is O=C(NCC(O)(c1ccco1)C1CC1)c1c(F)cccc1F. The Bertz CT molecular complexity index is 662. The van der Waals surface area contributed by atoms with Crippen LogP contribution in [0.1, 0.15) is 29.0 Å². The highest BCUT2D eigenvalue weighted by Gasteiger charge is 2.47. The van der Waals surface area contributed by atoms with Gasteiger partial charge in [0.2, 0.25) is 0 Å². The van der Waals surface area contributed by atoms with E-state index in [9.17, 15) is 18.7 Å². The highest BCUT2D eigenvalue weighted by atomic mass is 19.1. The van der Waals surface area contributed by atoms with Crippen LogP contribution in [0.2, 0.25) is 0 Å². The second-order valence-corrected chi connectivity index (χ2v) is 5.46. The number of nitrogens with one attached hydrogen (secondary N) is 1. The third-order valence-corrected chi connectivity index (χ3v) is 3.91. The van der Waals surface area contributed by atoms with Gasteiger partial charge in [-0.05, 0) is 43.0 Å². The van der Waals surface area contributed by atoms with Gasteiger partial charge in [-0.2, -0.15) is 0 Å². The van der Waals surface area contributed by atoms with Gasteiger partial charge in [-0.1, -0.05) is 6.07 Å². The molecule has 6 heteroatoms. The number of carbonyl (C=O) groups excluding carboxylic acids is 1. The number of hydrogen-bond acceptors (Lipinski definition) is 3. The molecular weight excluding hydrogens is 292 g/mol. The predicted octanol–water partition coefficient (Wildman–Crippen LogP) is 2.59. The minimum atomic E-state index is -1.36. The smallest absolute Gasteiger partial charge is 0.257 e. The van der Waals surface area contributed by atoms with E-state index >= 15 is 0 Å². The van der Waals surface area contributed by atoms with E-state index in [0.29, 0.717) is 5.76 Å². The van der Waals surface area contributed by atoms with Crippen molar-refractivity contribution in [2.45, 2.75) is 18.4 Å². The molecule has 0 aliphatic heterocycles. The van der Waals surface area contributed by atoms with Gasteiger partial charge in [-0.15, -0.1) is 0 Å². The van der Waals surface area contributed by atoms with Crippen molar-refractivity contribution >= 4 is 5.91 Å². The van der Waals surface area contributed by atoms with Crippen LogP contribution >= 0.6 is 0 Å². The van der Waals surface area contributed by atoms with Gasteiger partial charge < -0.3 is 14.8 Å². The first-order valence-corrected chi connectivity index (χ1v) is 7.01. The zero-order valence-corrected chi connectivity index (χ0v) is 11.7. The molecule has 22 heavy (non-hydrogen) atoms. The lowest BCUT2D eigenvalue weighted by atomic mass is 9.94. The summed E-state index contributed by atoms with van der Waals surface area (Å²) < 4.78 is 32.4. The molecule has 1 heterocycles. The normalized spacial score (nSPS) is 17.0. The second kappa shape index (κ2) is 5.53. The molecule has 1 aromatic heterocycles. The van der Waals surface area contributed by atoms with Crippen LogP contribution < -0.4 is 5.32 Å². The number of aliphatic hydroxyl groups is 1. The Morgan fingerprint density at radius 2 is 1.95 bits per heavy atom. The molecule has 3 rings (SSSR count). The number of carbonyl (C=O) groups is 1. The molecule has 116 valence electrons. The van der Waals surface area contributed by atoms with Crippen LogP contribution in [0.5, 0.6) is 0 Å². The first-order valence-electron chi connectivity index (χ1n) is 7.01. The van der Waals surface area contributed by atoms with Crippen molar-refractivity contribution in [1.82, 2.24) is 5.32 Å². The molecule has 0 spiro atoms. The molecule has 4 nitrogen and oxygen atoms in total. The summed E-state index contributed by atoms with van der Waals surface area (Å²) in [5, 5.41) is 13.2. The minimum absolute atomic E-state index is 0.0376. The van der Waals surface area contributed by atoms with E-state index in [4.69, 9.17) is 4.42 Å². The van der Waals surface area contributed by atoms with E-state index in [1.165, 1.54) is 12.3 Å². The fourth-order valence-corrected chi connectivity index (χ4v) is 2.54. The Labute approximate surface area is 125 Å². The average molecular weight is 307 g/mol. The number of rotatable bonds is 5. The van der Waals surface area contributed by atoms with Crippen molar-refractivity contribution in [2.24, 2.45) is 5.92 Å². The van der Waals surface area contributed by atoms with E-state index in [2.05, 4.69) is 5.32 Å². The molecule has 0 radical (unpaired) electrons. The van der Waals surface area contributed by atoms with Crippen LogP contribution in [0.3, 0.4) is 0 Å². The summed E-state index contributed by atoms with van der Waals surface area (Å²) in [4.78, 5) is 12.0. The molecule has 1 aliphatic carbocycles. The molecule has 1 amide bonds. The summed E-state index contributed by atoms with van der Waals surface area (Å²) in [5.41, 5.74) is -2.01. The van der Waals surface area contributed by atoms with Crippen molar-refractivity contribution in [3.63, 3.8) is 0 Å². The Hall–Kier alpha value is -2.21. The van der Waals surface area contributed by atoms with Crippen molar-refractivity contribution in [2.75, 3.05) is 6.54 Å². The van der Waals surface area contributed by atoms with E-state index in [1.54, 1.807) is 12.1 Å². The molecule has 2 aromatic rings. The molecule has 1 saturated carbocycles. The van der Waals surface area contributed by atoms with Gasteiger partial charge in [0.15, 0.2) is 0 Å². The average Bonchev–Trinajstić information content (AvgIpc) is 3.20. The van der Waals surface area contributed by atoms with Gasteiger partial charge in [0.1, 0.15) is 28.6 Å². The standard InChI is InChI=1S/C16H15F2NO3/c17-11-3-1-4-12(18)14(11)15(20)19-9-16(21,10-6-7-10)13-5-2-8-22-13/h1-5,8,10,21H,6-7,9H2,(H,19,20). The van der Waals surface area contributed by atoms with Gasteiger partial charge in [0.25, 0.3) is 5.91 Å². The fraction of sp³-hybridized carbons (Fsp3) is 0.312. The third kappa shape index (κ3) is 2.62. The quantitative estimate of drug-likeness (QED) is 0.892. The molecule has 1 unspecified atom stereocenters. The van der Waals surface area contributed by atoms with Crippen LogP contribution in [0.15, 0.2) is 41.0 Å². The first kappa shape index (κ1) is 14.7. The third-order valence-electron chi connectivity index (χ3n) is 3.91. The molecule has 1 fully saturated rings. The van der Waals surface area contributed by atoms with Crippen molar-refractivity contribution in [3.05, 3.63) is 59.6 Å². The molecule has 0 saturated heterocycles. The van der Waals surface area contributed by atoms with E-state index < -0.39 is 28.7 Å². The Kier molecular flexibility index (Phi) is 3.70. The number of hydrogen-bond donors (Lipinski definition) is 2. The van der Waals surface area contributed by atoms with E-state index in [-0.39, 0.29) is 12.5 Å². The van der Waals surface area contributed by atoms with E-state index in [1.807, 2.05) is 0 Å². The Morgan fingerprint density at radius 1 is 1.27 bits per heavy atom. The molecule has 1 atom stereocenters. The largest absolute Gasteiger partial charge is 0.466 e. The lowest BCUT2D eigenvalue weighted by Crippen LogP contribution is -2.42. The molecule has 1 aliphatic rings. The maximum Gasteiger partial charge on any atom is 0.257 e. The highest BCUT2D eigenvalue weighted by Crippen LogP contribution is 2.45. The van der Waals surface area contributed by atoms with Gasteiger partial charge in [0.05, 0.1) is 12.8 Å². The summed E-state index contributed by atoms with van der Waals surface area (Å²) >= 11 is 0. The van der Waals surface area contributed by atoms with Gasteiger partial charge in [-0.25, -0.2) is 8.78 Å². The maximum atomic E-state index is 13.6. The second-order valence-electron chi connectivity index (χ2n) is 5.46. The van der Waals surface area contributed by atoms with Gasteiger partial charge >= 0.3 is 0 Å².